The third-order valence-corrected chi connectivity index (χ3v) is 4.04. The van der Waals surface area contributed by atoms with E-state index in [1.807, 2.05) is 38.1 Å². The molecule has 0 aromatic heterocycles. The van der Waals surface area contributed by atoms with Crippen molar-refractivity contribution >= 4 is 27.7 Å². The average molecular weight is 325 g/mol. The zero-order chi connectivity index (χ0) is 14.0. The van der Waals surface area contributed by atoms with Crippen molar-refractivity contribution < 1.29 is 9.59 Å². The highest BCUT2D eigenvalue weighted by Gasteiger charge is 2.35. The van der Waals surface area contributed by atoms with E-state index in [2.05, 4.69) is 26.6 Å². The number of hydrogen-bond acceptors (Lipinski definition) is 2. The number of piperazine rings is 1. The Hall–Kier alpha value is -1.36. The maximum Gasteiger partial charge on any atom is 0.243 e. The summed E-state index contributed by atoms with van der Waals surface area (Å²) in [5, 5.41) is 5.59. The normalized spacial score (nSPS) is 23.2. The van der Waals surface area contributed by atoms with Crippen LogP contribution >= 0.6 is 15.9 Å². The Morgan fingerprint density at radius 2 is 1.84 bits per heavy atom. The smallest absolute Gasteiger partial charge is 0.243 e. The van der Waals surface area contributed by atoms with Gasteiger partial charge in [0.1, 0.15) is 12.1 Å². The van der Waals surface area contributed by atoms with Crippen molar-refractivity contribution in [3.63, 3.8) is 0 Å². The highest BCUT2D eigenvalue weighted by molar-refractivity contribution is 9.10. The van der Waals surface area contributed by atoms with Gasteiger partial charge in [0.2, 0.25) is 11.8 Å². The van der Waals surface area contributed by atoms with Gasteiger partial charge in [-0.2, -0.15) is 0 Å². The Labute approximate surface area is 121 Å². The predicted octanol–water partition coefficient (Wildman–Crippen LogP) is 1.63. The number of halogens is 1. The first-order valence-electron chi connectivity index (χ1n) is 6.33. The second-order valence-corrected chi connectivity index (χ2v) is 5.94. The summed E-state index contributed by atoms with van der Waals surface area (Å²) in [6, 6.07) is 6.78. The van der Waals surface area contributed by atoms with Crippen molar-refractivity contribution in [3.8, 4) is 0 Å². The van der Waals surface area contributed by atoms with Crippen LogP contribution in [0.2, 0.25) is 0 Å². The fraction of sp³-hybridized carbons (Fsp3) is 0.429. The second-order valence-electron chi connectivity index (χ2n) is 5.09. The van der Waals surface area contributed by atoms with E-state index in [1.165, 1.54) is 0 Å². The van der Waals surface area contributed by atoms with Crippen LogP contribution in [0.1, 0.15) is 19.4 Å². The molecular formula is C14H17BrN2O2. The van der Waals surface area contributed by atoms with E-state index in [1.54, 1.807) is 0 Å². The van der Waals surface area contributed by atoms with Crippen molar-refractivity contribution in [2.24, 2.45) is 5.92 Å². The summed E-state index contributed by atoms with van der Waals surface area (Å²) in [6.07, 6.45) is 0.490. The molecule has 2 atom stereocenters. The standard InChI is InChI=1S/C14H17BrN2O2/c1-8(2)12-14(19)16-11(13(18)17-12)7-9-5-3-4-6-10(9)15/h3-6,8,11-12H,7H2,1-2H3,(H,16,19)(H,17,18)/t11?,12-/m1/s1. The Bertz CT molecular complexity index is 502. The molecular weight excluding hydrogens is 308 g/mol. The number of nitrogens with one attached hydrogen (secondary N) is 2. The molecule has 0 spiro atoms. The summed E-state index contributed by atoms with van der Waals surface area (Å²) in [7, 11) is 0. The number of carbonyl (C=O) groups excluding carboxylic acids is 2. The molecule has 2 rings (SSSR count). The molecule has 1 unspecified atom stereocenters. The fourth-order valence-corrected chi connectivity index (χ4v) is 2.59. The molecule has 1 heterocycles. The third-order valence-electron chi connectivity index (χ3n) is 3.26. The van der Waals surface area contributed by atoms with E-state index in [-0.39, 0.29) is 17.7 Å². The van der Waals surface area contributed by atoms with Crippen LogP contribution < -0.4 is 10.6 Å². The lowest BCUT2D eigenvalue weighted by molar-refractivity contribution is -0.137. The van der Waals surface area contributed by atoms with Gasteiger partial charge in [-0.3, -0.25) is 9.59 Å². The van der Waals surface area contributed by atoms with Crippen molar-refractivity contribution in [1.82, 2.24) is 10.6 Å². The van der Waals surface area contributed by atoms with E-state index in [0.717, 1.165) is 10.0 Å². The average Bonchev–Trinajstić information content (AvgIpc) is 2.35. The Balaban J connectivity index is 2.09. The van der Waals surface area contributed by atoms with Crippen LogP contribution in [0.4, 0.5) is 0 Å². The highest BCUT2D eigenvalue weighted by Crippen LogP contribution is 2.18. The van der Waals surface area contributed by atoms with Crippen LogP contribution in [0, 0.1) is 5.92 Å². The lowest BCUT2D eigenvalue weighted by atomic mass is 9.97. The maximum atomic E-state index is 12.0. The summed E-state index contributed by atoms with van der Waals surface area (Å²) in [6.45, 7) is 3.83. The molecule has 4 nitrogen and oxygen atoms in total. The lowest BCUT2D eigenvalue weighted by Crippen LogP contribution is -2.63. The molecule has 1 saturated heterocycles. The number of carbonyl (C=O) groups is 2. The van der Waals surface area contributed by atoms with Crippen LogP contribution in [0.25, 0.3) is 0 Å². The molecule has 1 aliphatic rings. The molecule has 1 aromatic carbocycles. The van der Waals surface area contributed by atoms with E-state index in [4.69, 9.17) is 0 Å². The molecule has 1 aromatic rings. The van der Waals surface area contributed by atoms with Crippen molar-refractivity contribution in [2.45, 2.75) is 32.4 Å². The van der Waals surface area contributed by atoms with Crippen LogP contribution in [0.3, 0.4) is 0 Å². The van der Waals surface area contributed by atoms with E-state index >= 15 is 0 Å². The van der Waals surface area contributed by atoms with Crippen LogP contribution in [-0.4, -0.2) is 23.9 Å². The molecule has 2 N–H and O–H groups in total. The van der Waals surface area contributed by atoms with Gasteiger partial charge in [0, 0.05) is 10.9 Å². The number of hydrogen-bond donors (Lipinski definition) is 2. The van der Waals surface area contributed by atoms with Crippen molar-refractivity contribution in [2.75, 3.05) is 0 Å². The van der Waals surface area contributed by atoms with Crippen LogP contribution in [-0.2, 0) is 16.0 Å². The minimum absolute atomic E-state index is 0.0911. The van der Waals surface area contributed by atoms with Gasteiger partial charge in [0.05, 0.1) is 0 Å². The van der Waals surface area contributed by atoms with Gasteiger partial charge in [-0.25, -0.2) is 0 Å². The molecule has 1 fully saturated rings. The zero-order valence-corrected chi connectivity index (χ0v) is 12.5. The quantitative estimate of drug-likeness (QED) is 0.887. The lowest BCUT2D eigenvalue weighted by Gasteiger charge is -2.31. The molecule has 0 radical (unpaired) electrons. The first kappa shape index (κ1) is 14.1. The van der Waals surface area contributed by atoms with Gasteiger partial charge < -0.3 is 10.6 Å². The van der Waals surface area contributed by atoms with Gasteiger partial charge in [0.15, 0.2) is 0 Å². The molecule has 0 bridgehead atoms. The van der Waals surface area contributed by atoms with Crippen molar-refractivity contribution in [1.29, 1.82) is 0 Å². The molecule has 102 valence electrons. The van der Waals surface area contributed by atoms with Gasteiger partial charge >= 0.3 is 0 Å². The molecule has 0 aliphatic carbocycles. The summed E-state index contributed by atoms with van der Waals surface area (Å²) >= 11 is 3.45. The van der Waals surface area contributed by atoms with E-state index in [9.17, 15) is 9.59 Å². The predicted molar refractivity (Wildman–Crippen MR) is 76.5 cm³/mol. The Kier molecular flexibility index (Phi) is 4.24. The maximum absolute atomic E-state index is 12.0. The number of benzene rings is 1. The molecule has 5 heteroatoms. The first-order valence-corrected chi connectivity index (χ1v) is 7.12. The van der Waals surface area contributed by atoms with Crippen molar-refractivity contribution in [3.05, 3.63) is 34.3 Å². The first-order chi connectivity index (χ1) is 8.99. The summed E-state index contributed by atoms with van der Waals surface area (Å²) in [4.78, 5) is 24.0. The minimum Gasteiger partial charge on any atom is -0.342 e. The molecule has 2 amide bonds. The molecule has 19 heavy (non-hydrogen) atoms. The molecule has 0 saturated carbocycles. The fourth-order valence-electron chi connectivity index (χ4n) is 2.14. The minimum atomic E-state index is -0.499. The van der Waals surface area contributed by atoms with Gasteiger partial charge in [-0.1, -0.05) is 48.0 Å². The Morgan fingerprint density at radius 3 is 2.47 bits per heavy atom. The molecule has 1 aliphatic heterocycles. The van der Waals surface area contributed by atoms with Crippen LogP contribution in [0.15, 0.2) is 28.7 Å². The largest absolute Gasteiger partial charge is 0.342 e. The Morgan fingerprint density at radius 1 is 1.16 bits per heavy atom. The van der Waals surface area contributed by atoms with E-state index < -0.39 is 12.1 Å². The van der Waals surface area contributed by atoms with Gasteiger partial charge in [-0.05, 0) is 17.5 Å². The van der Waals surface area contributed by atoms with E-state index in [0.29, 0.717) is 6.42 Å². The van der Waals surface area contributed by atoms with Crippen LogP contribution in [0.5, 0.6) is 0 Å². The van der Waals surface area contributed by atoms with Gasteiger partial charge in [0.25, 0.3) is 0 Å². The second kappa shape index (κ2) is 5.74. The van der Waals surface area contributed by atoms with Gasteiger partial charge in [-0.15, -0.1) is 0 Å². The SMILES string of the molecule is CC(C)[C@H]1NC(=O)C(Cc2ccccc2Br)NC1=O. The number of rotatable bonds is 3. The summed E-state index contributed by atoms with van der Waals surface area (Å²) < 4.78 is 0.947. The topological polar surface area (TPSA) is 58.2 Å². The summed E-state index contributed by atoms with van der Waals surface area (Å²) in [5.41, 5.74) is 1.01. The zero-order valence-electron chi connectivity index (χ0n) is 10.9. The third kappa shape index (κ3) is 3.15. The number of amides is 2. The monoisotopic (exact) mass is 324 g/mol. The summed E-state index contributed by atoms with van der Waals surface area (Å²) in [5.74, 6) is -0.130. The highest BCUT2D eigenvalue weighted by atomic mass is 79.9.